The number of rotatable bonds is 6. The zero-order chi connectivity index (χ0) is 19.1. The number of likely N-dealkylation sites (N-methyl/N-ethyl adjacent to an activating group) is 1. The van der Waals surface area contributed by atoms with Crippen LogP contribution >= 0.6 is 11.3 Å². The molecule has 1 atom stereocenters. The van der Waals surface area contributed by atoms with E-state index >= 15 is 0 Å². The monoisotopic (exact) mass is 357 g/mol. The van der Waals surface area contributed by atoms with Gasteiger partial charge in [0.05, 0.1) is 6.42 Å². The second kappa shape index (κ2) is 14.4. The molecule has 1 aromatic rings. The summed E-state index contributed by atoms with van der Waals surface area (Å²) in [5.74, 6) is -1.57. The van der Waals surface area contributed by atoms with Crippen LogP contribution in [-0.4, -0.2) is 44.9 Å². The van der Waals surface area contributed by atoms with Gasteiger partial charge in [-0.1, -0.05) is 0 Å². The van der Waals surface area contributed by atoms with Crippen LogP contribution in [0.15, 0.2) is 17.5 Å². The first kappa shape index (κ1) is 24.0. The van der Waals surface area contributed by atoms with Gasteiger partial charge in [0.1, 0.15) is 6.04 Å². The second-order valence-electron chi connectivity index (χ2n) is 4.21. The summed E-state index contributed by atoms with van der Waals surface area (Å²) in [5, 5.41) is 6.78. The van der Waals surface area contributed by atoms with Gasteiger partial charge in [-0.2, -0.15) is 0 Å². The lowest BCUT2D eigenvalue weighted by atomic mass is 10.2. The fourth-order valence-corrected chi connectivity index (χ4v) is 2.29. The Bertz CT molecular complexity index is 543. The van der Waals surface area contributed by atoms with Crippen LogP contribution in [0.1, 0.15) is 16.9 Å². The maximum atomic E-state index is 11.7. The summed E-state index contributed by atoms with van der Waals surface area (Å²) in [6.07, 6.45) is 2.73. The van der Waals surface area contributed by atoms with Gasteiger partial charge in [0.2, 0.25) is 17.7 Å². The Morgan fingerprint density at radius 1 is 1.25 bits per heavy atom. The molecule has 0 unspecified atom stereocenters. The molecule has 8 nitrogen and oxygen atoms in total. The average molecular weight is 357 g/mol. The first-order valence-electron chi connectivity index (χ1n) is 7.11. The summed E-state index contributed by atoms with van der Waals surface area (Å²) in [4.78, 5) is 35.0. The number of hydrogen-bond acceptors (Lipinski definition) is 6. The van der Waals surface area contributed by atoms with Crippen LogP contribution < -0.4 is 27.8 Å². The molecular weight excluding hydrogens is 330 g/mol. The maximum absolute atomic E-state index is 11.7. The Kier molecular flexibility index (Phi) is 14.4. The van der Waals surface area contributed by atoms with Crippen molar-refractivity contribution in [3.05, 3.63) is 28.0 Å². The van der Waals surface area contributed by atoms with E-state index in [-0.39, 0.29) is 6.42 Å². The highest BCUT2D eigenvalue weighted by atomic mass is 32.1. The van der Waals surface area contributed by atoms with E-state index in [9.17, 15) is 14.4 Å². The molecule has 1 heterocycles. The minimum absolute atomic E-state index is 0.239. The Labute approximate surface area is 146 Å². The molecule has 3 amide bonds. The molecule has 0 aromatic carbocycles. The van der Waals surface area contributed by atoms with Crippen molar-refractivity contribution < 1.29 is 14.4 Å². The first-order chi connectivity index (χ1) is 11.4. The minimum Gasteiger partial charge on any atom is -0.370 e. The maximum Gasteiger partial charge on any atom is 0.244 e. The van der Waals surface area contributed by atoms with Crippen molar-refractivity contribution in [3.63, 3.8) is 0 Å². The van der Waals surface area contributed by atoms with E-state index in [0.29, 0.717) is 0 Å². The Balaban J connectivity index is 0. The van der Waals surface area contributed by atoms with Crippen molar-refractivity contribution in [3.8, 4) is 0 Å². The lowest BCUT2D eigenvalue weighted by Crippen LogP contribution is -2.47. The zero-order valence-corrected chi connectivity index (χ0v) is 15.3. The van der Waals surface area contributed by atoms with Crippen LogP contribution in [0.5, 0.6) is 0 Å². The number of carbonyl (C=O) groups is 3. The van der Waals surface area contributed by atoms with E-state index in [0.717, 1.165) is 10.4 Å². The second-order valence-corrected chi connectivity index (χ2v) is 5.15. The largest absolute Gasteiger partial charge is 0.370 e. The predicted molar refractivity (Wildman–Crippen MR) is 98.1 cm³/mol. The molecule has 0 aliphatic carbocycles. The van der Waals surface area contributed by atoms with Gasteiger partial charge in [-0.15, -0.1) is 11.3 Å². The molecule has 24 heavy (non-hydrogen) atoms. The molecule has 8 N–H and O–H groups in total. The zero-order valence-electron chi connectivity index (χ0n) is 14.5. The van der Waals surface area contributed by atoms with Gasteiger partial charge in [0.25, 0.3) is 0 Å². The molecule has 1 aromatic heterocycles. The number of hydrogen-bond donors (Lipinski definition) is 5. The third-order valence-corrected chi connectivity index (χ3v) is 3.45. The third-order valence-electron chi connectivity index (χ3n) is 2.43. The Hall–Kier alpha value is -2.23. The van der Waals surface area contributed by atoms with Gasteiger partial charge in [0.15, 0.2) is 0 Å². The normalized spacial score (nSPS) is 10.6. The average Bonchev–Trinajstić information content (AvgIpc) is 3.00. The summed E-state index contributed by atoms with van der Waals surface area (Å²) >= 11 is 1.51. The molecule has 1 rings (SSSR count). The number of thiophene rings is 1. The number of aryl methyl sites for hydroxylation is 1. The molecule has 0 saturated carbocycles. The summed E-state index contributed by atoms with van der Waals surface area (Å²) in [6.45, 7) is 1.96. The van der Waals surface area contributed by atoms with Gasteiger partial charge in [-0.25, -0.2) is 0 Å². The SMILES string of the molecule is CN.CN.CNC(=O)[C@H](CC(N)=O)NC(=O)/C=C/c1cc(C)cs1. The van der Waals surface area contributed by atoms with Gasteiger partial charge < -0.3 is 27.8 Å². The van der Waals surface area contributed by atoms with E-state index in [1.165, 1.54) is 38.6 Å². The summed E-state index contributed by atoms with van der Waals surface area (Å²) in [7, 11) is 4.42. The summed E-state index contributed by atoms with van der Waals surface area (Å²) in [6, 6.07) is 0.980. The van der Waals surface area contributed by atoms with Gasteiger partial charge >= 0.3 is 0 Å². The predicted octanol–water partition coefficient (Wildman–Crippen LogP) is -0.674. The van der Waals surface area contributed by atoms with E-state index in [2.05, 4.69) is 22.1 Å². The molecule has 0 bridgehead atoms. The van der Waals surface area contributed by atoms with Crippen molar-refractivity contribution in [2.75, 3.05) is 21.1 Å². The van der Waals surface area contributed by atoms with E-state index in [1.54, 1.807) is 6.08 Å². The molecule has 0 spiro atoms. The van der Waals surface area contributed by atoms with Gasteiger partial charge in [0, 0.05) is 18.0 Å². The number of carbonyl (C=O) groups excluding carboxylic acids is 3. The fourth-order valence-electron chi connectivity index (χ4n) is 1.50. The van der Waals surface area contributed by atoms with Crippen molar-refractivity contribution in [1.82, 2.24) is 10.6 Å². The minimum atomic E-state index is -0.959. The number of nitrogens with one attached hydrogen (secondary N) is 2. The van der Waals surface area contributed by atoms with Crippen molar-refractivity contribution >= 4 is 35.1 Å². The first-order valence-corrected chi connectivity index (χ1v) is 7.99. The van der Waals surface area contributed by atoms with Crippen molar-refractivity contribution in [2.45, 2.75) is 19.4 Å². The highest BCUT2D eigenvalue weighted by Crippen LogP contribution is 2.14. The van der Waals surface area contributed by atoms with Crippen LogP contribution in [0.2, 0.25) is 0 Å². The smallest absolute Gasteiger partial charge is 0.244 e. The third kappa shape index (κ3) is 10.5. The molecule has 0 aliphatic rings. The van der Waals surface area contributed by atoms with E-state index < -0.39 is 23.8 Å². The summed E-state index contributed by atoms with van der Waals surface area (Å²) < 4.78 is 0. The molecular formula is C15H27N5O3S. The molecule has 0 fully saturated rings. The molecule has 0 saturated heterocycles. The van der Waals surface area contributed by atoms with Crippen LogP contribution in [0.4, 0.5) is 0 Å². The Morgan fingerprint density at radius 2 is 1.83 bits per heavy atom. The fraction of sp³-hybridized carbons (Fsp3) is 0.400. The van der Waals surface area contributed by atoms with Crippen LogP contribution in [-0.2, 0) is 14.4 Å². The Morgan fingerprint density at radius 3 is 2.25 bits per heavy atom. The highest BCUT2D eigenvalue weighted by molar-refractivity contribution is 7.11. The topological polar surface area (TPSA) is 153 Å². The summed E-state index contributed by atoms with van der Waals surface area (Å²) in [5.41, 5.74) is 15.2. The standard InChI is InChI=1S/C13H17N3O3S.2CH5N/c1-8-5-9(20-7-8)3-4-12(18)16-10(6-11(14)17)13(19)15-2;2*1-2/h3-5,7,10H,6H2,1-2H3,(H2,14,17)(H,15,19)(H,16,18);2*2H2,1H3/b4-3+;;/t10-;;/m0../s1. The molecule has 136 valence electrons. The molecule has 0 radical (unpaired) electrons. The van der Waals surface area contributed by atoms with Crippen LogP contribution in [0, 0.1) is 6.92 Å². The molecule has 9 heteroatoms. The van der Waals surface area contributed by atoms with Crippen molar-refractivity contribution in [2.24, 2.45) is 17.2 Å². The van der Waals surface area contributed by atoms with Crippen LogP contribution in [0.3, 0.4) is 0 Å². The van der Waals surface area contributed by atoms with E-state index in [4.69, 9.17) is 5.73 Å². The van der Waals surface area contributed by atoms with E-state index in [1.807, 2.05) is 18.4 Å². The molecule has 0 aliphatic heterocycles. The van der Waals surface area contributed by atoms with Gasteiger partial charge in [-0.3, -0.25) is 14.4 Å². The van der Waals surface area contributed by atoms with Crippen molar-refractivity contribution in [1.29, 1.82) is 0 Å². The van der Waals surface area contributed by atoms with Gasteiger partial charge in [-0.05, 0) is 44.1 Å². The number of primary amides is 1. The van der Waals surface area contributed by atoms with Crippen LogP contribution in [0.25, 0.3) is 6.08 Å². The number of nitrogens with two attached hydrogens (primary N) is 3. The lowest BCUT2D eigenvalue weighted by Gasteiger charge is -2.14. The number of amides is 3. The highest BCUT2D eigenvalue weighted by Gasteiger charge is 2.20. The quantitative estimate of drug-likeness (QED) is 0.427. The lowest BCUT2D eigenvalue weighted by molar-refractivity contribution is -0.129.